The third-order valence-corrected chi connectivity index (χ3v) is 3.90. The van der Waals surface area contributed by atoms with Crippen LogP contribution in [0.1, 0.15) is 39.5 Å². The molecule has 1 amide bonds. The normalized spacial score (nSPS) is 20.7. The molecule has 0 aromatic rings. The standard InChI is InChI=1S/C13H26N2O3/c1-3-10(4-2)11(16)9-15-12(17)13(14)5-7-18-8-6-13/h10-11,16H,3-9,14H2,1-2H3,(H,15,17). The van der Waals surface area contributed by atoms with Gasteiger partial charge in [-0.05, 0) is 18.8 Å². The zero-order chi connectivity index (χ0) is 13.6. The van der Waals surface area contributed by atoms with Crippen molar-refractivity contribution < 1.29 is 14.6 Å². The minimum atomic E-state index is -0.827. The zero-order valence-electron chi connectivity index (χ0n) is 11.4. The monoisotopic (exact) mass is 258 g/mol. The number of amides is 1. The highest BCUT2D eigenvalue weighted by Crippen LogP contribution is 2.18. The molecule has 0 radical (unpaired) electrons. The van der Waals surface area contributed by atoms with Crippen LogP contribution in [0, 0.1) is 5.92 Å². The lowest BCUT2D eigenvalue weighted by Gasteiger charge is -2.32. The van der Waals surface area contributed by atoms with Gasteiger partial charge < -0.3 is 20.9 Å². The summed E-state index contributed by atoms with van der Waals surface area (Å²) in [6.45, 7) is 5.42. The molecule has 1 aliphatic heterocycles. The molecule has 5 heteroatoms. The molecule has 1 fully saturated rings. The smallest absolute Gasteiger partial charge is 0.240 e. The van der Waals surface area contributed by atoms with E-state index in [0.717, 1.165) is 12.8 Å². The number of aliphatic hydroxyl groups excluding tert-OH is 1. The van der Waals surface area contributed by atoms with Crippen molar-refractivity contribution in [1.29, 1.82) is 0 Å². The second-order valence-electron chi connectivity index (χ2n) is 5.12. The Morgan fingerprint density at radius 2 is 1.94 bits per heavy atom. The summed E-state index contributed by atoms with van der Waals surface area (Å²) in [5.74, 6) is 0.0597. The van der Waals surface area contributed by atoms with E-state index >= 15 is 0 Å². The van der Waals surface area contributed by atoms with Crippen molar-refractivity contribution in [3.05, 3.63) is 0 Å². The summed E-state index contributed by atoms with van der Waals surface area (Å²) in [6.07, 6.45) is 2.41. The van der Waals surface area contributed by atoms with E-state index in [-0.39, 0.29) is 18.4 Å². The lowest BCUT2D eigenvalue weighted by atomic mass is 9.90. The van der Waals surface area contributed by atoms with Gasteiger partial charge >= 0.3 is 0 Å². The van der Waals surface area contributed by atoms with Gasteiger partial charge in [0.2, 0.25) is 5.91 Å². The maximum atomic E-state index is 12.0. The summed E-state index contributed by atoms with van der Waals surface area (Å²) in [5.41, 5.74) is 5.23. The summed E-state index contributed by atoms with van der Waals surface area (Å²) in [7, 11) is 0. The Morgan fingerprint density at radius 3 is 2.44 bits per heavy atom. The molecule has 0 aromatic carbocycles. The SMILES string of the molecule is CCC(CC)C(O)CNC(=O)C1(N)CCOCC1. The third-order valence-electron chi connectivity index (χ3n) is 3.90. The molecule has 0 aliphatic carbocycles. The van der Waals surface area contributed by atoms with E-state index in [1.165, 1.54) is 0 Å². The number of carbonyl (C=O) groups is 1. The topological polar surface area (TPSA) is 84.6 Å². The lowest BCUT2D eigenvalue weighted by Crippen LogP contribution is -2.58. The molecule has 1 saturated heterocycles. The van der Waals surface area contributed by atoms with Gasteiger partial charge in [0.15, 0.2) is 0 Å². The molecular formula is C13H26N2O3. The molecule has 0 saturated carbocycles. The van der Waals surface area contributed by atoms with Gasteiger partial charge in [-0.15, -0.1) is 0 Å². The first-order chi connectivity index (χ1) is 8.53. The van der Waals surface area contributed by atoms with Crippen molar-refractivity contribution in [3.63, 3.8) is 0 Å². The second kappa shape index (κ2) is 7.07. The summed E-state index contributed by atoms with van der Waals surface area (Å²) in [6, 6.07) is 0. The zero-order valence-corrected chi connectivity index (χ0v) is 11.4. The molecule has 18 heavy (non-hydrogen) atoms. The van der Waals surface area contributed by atoms with E-state index in [1.54, 1.807) is 0 Å². The maximum Gasteiger partial charge on any atom is 0.240 e. The van der Waals surface area contributed by atoms with E-state index in [2.05, 4.69) is 5.32 Å². The van der Waals surface area contributed by atoms with Crippen LogP contribution < -0.4 is 11.1 Å². The van der Waals surface area contributed by atoms with Crippen LogP contribution in [0.15, 0.2) is 0 Å². The molecule has 1 heterocycles. The van der Waals surface area contributed by atoms with Gasteiger partial charge in [0, 0.05) is 19.8 Å². The minimum absolute atomic E-state index is 0.171. The third kappa shape index (κ3) is 3.93. The summed E-state index contributed by atoms with van der Waals surface area (Å²) >= 11 is 0. The van der Waals surface area contributed by atoms with Crippen LogP contribution in [-0.2, 0) is 9.53 Å². The fourth-order valence-corrected chi connectivity index (χ4v) is 2.34. The Morgan fingerprint density at radius 1 is 1.39 bits per heavy atom. The van der Waals surface area contributed by atoms with E-state index in [0.29, 0.717) is 26.1 Å². The Bertz CT molecular complexity index is 261. The number of carbonyl (C=O) groups excluding carboxylic acids is 1. The van der Waals surface area contributed by atoms with Crippen molar-refractivity contribution in [3.8, 4) is 0 Å². The Kier molecular flexibility index (Phi) is 6.05. The second-order valence-corrected chi connectivity index (χ2v) is 5.12. The predicted octanol–water partition coefficient (Wildman–Crippen LogP) is 0.408. The van der Waals surface area contributed by atoms with Gasteiger partial charge in [-0.25, -0.2) is 0 Å². The number of nitrogens with one attached hydrogen (secondary N) is 1. The van der Waals surface area contributed by atoms with Crippen molar-refractivity contribution in [2.24, 2.45) is 11.7 Å². The Labute approximate surface area is 109 Å². The highest BCUT2D eigenvalue weighted by Gasteiger charge is 2.36. The molecule has 106 valence electrons. The van der Waals surface area contributed by atoms with Crippen LogP contribution in [-0.4, -0.2) is 42.4 Å². The molecule has 1 atom stereocenters. The van der Waals surface area contributed by atoms with Crippen LogP contribution in [0.25, 0.3) is 0 Å². The number of ether oxygens (including phenoxy) is 1. The first kappa shape index (κ1) is 15.4. The van der Waals surface area contributed by atoms with Crippen LogP contribution in [0.5, 0.6) is 0 Å². The van der Waals surface area contributed by atoms with E-state index in [9.17, 15) is 9.90 Å². The molecule has 0 aromatic heterocycles. The molecule has 0 bridgehead atoms. The van der Waals surface area contributed by atoms with Crippen LogP contribution >= 0.6 is 0 Å². The van der Waals surface area contributed by atoms with Crippen molar-refractivity contribution >= 4 is 5.91 Å². The maximum absolute atomic E-state index is 12.0. The molecule has 1 aliphatic rings. The van der Waals surface area contributed by atoms with Gasteiger partial charge in [-0.3, -0.25) is 4.79 Å². The average Bonchev–Trinajstić information content (AvgIpc) is 2.38. The first-order valence-electron chi connectivity index (χ1n) is 6.86. The number of aliphatic hydroxyl groups is 1. The largest absolute Gasteiger partial charge is 0.391 e. The van der Waals surface area contributed by atoms with E-state index in [1.807, 2.05) is 13.8 Å². The Hall–Kier alpha value is -0.650. The molecule has 4 N–H and O–H groups in total. The van der Waals surface area contributed by atoms with Gasteiger partial charge in [-0.2, -0.15) is 0 Å². The van der Waals surface area contributed by atoms with Gasteiger partial charge in [0.25, 0.3) is 0 Å². The summed E-state index contributed by atoms with van der Waals surface area (Å²) in [5, 5.41) is 12.7. The Balaban J connectivity index is 2.40. The molecule has 1 unspecified atom stereocenters. The van der Waals surface area contributed by atoms with Gasteiger partial charge in [-0.1, -0.05) is 26.7 Å². The molecular weight excluding hydrogens is 232 g/mol. The number of hydrogen-bond acceptors (Lipinski definition) is 4. The molecule has 1 rings (SSSR count). The predicted molar refractivity (Wildman–Crippen MR) is 70.1 cm³/mol. The van der Waals surface area contributed by atoms with E-state index in [4.69, 9.17) is 10.5 Å². The highest BCUT2D eigenvalue weighted by molar-refractivity contribution is 5.86. The van der Waals surface area contributed by atoms with Crippen molar-refractivity contribution in [1.82, 2.24) is 5.32 Å². The lowest BCUT2D eigenvalue weighted by molar-refractivity contribution is -0.130. The van der Waals surface area contributed by atoms with Crippen LogP contribution in [0.3, 0.4) is 0 Å². The fourth-order valence-electron chi connectivity index (χ4n) is 2.34. The van der Waals surface area contributed by atoms with E-state index < -0.39 is 11.6 Å². The molecule has 5 nitrogen and oxygen atoms in total. The summed E-state index contributed by atoms with van der Waals surface area (Å²) in [4.78, 5) is 12.0. The van der Waals surface area contributed by atoms with Crippen LogP contribution in [0.2, 0.25) is 0 Å². The minimum Gasteiger partial charge on any atom is -0.391 e. The fraction of sp³-hybridized carbons (Fsp3) is 0.923. The van der Waals surface area contributed by atoms with Crippen molar-refractivity contribution in [2.45, 2.75) is 51.2 Å². The quantitative estimate of drug-likeness (QED) is 0.644. The van der Waals surface area contributed by atoms with Crippen molar-refractivity contribution in [2.75, 3.05) is 19.8 Å². The number of rotatable bonds is 6. The number of hydrogen-bond donors (Lipinski definition) is 3. The van der Waals surface area contributed by atoms with Gasteiger partial charge in [0.1, 0.15) is 0 Å². The van der Waals surface area contributed by atoms with Crippen LogP contribution in [0.4, 0.5) is 0 Å². The van der Waals surface area contributed by atoms with Gasteiger partial charge in [0.05, 0.1) is 11.6 Å². The highest BCUT2D eigenvalue weighted by atomic mass is 16.5. The molecule has 0 spiro atoms. The average molecular weight is 258 g/mol. The number of nitrogens with two attached hydrogens (primary N) is 1. The first-order valence-corrected chi connectivity index (χ1v) is 6.86. The summed E-state index contributed by atoms with van der Waals surface area (Å²) < 4.78 is 5.20.